The zero-order valence-electron chi connectivity index (χ0n) is 20.6. The molecule has 174 valence electrons. The van der Waals surface area contributed by atoms with Gasteiger partial charge in [0.15, 0.2) is 0 Å². The van der Waals surface area contributed by atoms with Crippen molar-refractivity contribution < 1.29 is 13.3 Å². The van der Waals surface area contributed by atoms with Gasteiger partial charge in [0, 0.05) is 27.4 Å². The summed E-state index contributed by atoms with van der Waals surface area (Å²) in [5.41, 5.74) is 0. The van der Waals surface area contributed by atoms with E-state index in [1.807, 2.05) is 0 Å². The van der Waals surface area contributed by atoms with Crippen molar-refractivity contribution in [1.82, 2.24) is 9.13 Å². The van der Waals surface area contributed by atoms with Gasteiger partial charge in [-0.3, -0.25) is 0 Å². The van der Waals surface area contributed by atoms with Gasteiger partial charge in [0.1, 0.15) is 0 Å². The maximum atomic E-state index is 5.56. The quantitative estimate of drug-likeness (QED) is 0.256. The van der Waals surface area contributed by atoms with E-state index >= 15 is 0 Å². The van der Waals surface area contributed by atoms with E-state index in [0.717, 1.165) is 38.6 Å². The number of nitrogens with zero attached hydrogens (tertiary/aromatic N) is 2. The Hall–Kier alpha value is -0.546. The van der Waals surface area contributed by atoms with Crippen LogP contribution in [0.2, 0.25) is 12.1 Å². The van der Waals surface area contributed by atoms with Crippen LogP contribution in [0.5, 0.6) is 0 Å². The Morgan fingerprint density at radius 2 is 1.07 bits per heavy atom. The van der Waals surface area contributed by atoms with Crippen molar-refractivity contribution in [1.29, 1.82) is 0 Å². The summed E-state index contributed by atoms with van der Waals surface area (Å²) in [6.07, 6.45) is 4.79. The van der Waals surface area contributed by atoms with Crippen LogP contribution in [0.25, 0.3) is 0 Å². The van der Waals surface area contributed by atoms with E-state index in [1.165, 1.54) is 25.3 Å². The second-order valence-electron chi connectivity index (χ2n) is 7.74. The fourth-order valence-corrected chi connectivity index (χ4v) is 12.3. The van der Waals surface area contributed by atoms with Gasteiger partial charge in [-0.25, -0.2) is 0 Å². The zero-order chi connectivity index (χ0) is 22.5. The first-order valence-corrected chi connectivity index (χ1v) is 15.8. The first-order valence-electron chi connectivity index (χ1n) is 11.7. The fourth-order valence-electron chi connectivity index (χ4n) is 4.85. The van der Waals surface area contributed by atoms with Crippen LogP contribution >= 0.6 is 0 Å². The zero-order valence-corrected chi connectivity index (χ0v) is 22.6. The van der Waals surface area contributed by atoms with Gasteiger partial charge in [0.05, 0.1) is 0 Å². The molecule has 0 spiro atoms. The standard InChI is InChI=1S/C23H46N2O3Si2/c1-8-24(9-2)29(25(10-3)11-4,23-19-15-14-16-20-23)21-17-12-13-18-22-30(26-5,27-6)28-7/h14-16,19-20H,8-13,17-18,21-22H2,1-7H3. The van der Waals surface area contributed by atoms with Crippen molar-refractivity contribution >= 4 is 22.4 Å². The average molecular weight is 455 g/mol. The Morgan fingerprint density at radius 1 is 0.633 bits per heavy atom. The first kappa shape index (κ1) is 27.5. The van der Waals surface area contributed by atoms with Gasteiger partial charge in [-0.1, -0.05) is 77.3 Å². The molecule has 0 bridgehead atoms. The SMILES string of the molecule is CCN(CC)[Si](CCCCCC[Si](OC)(OC)OC)(c1ccccc1)N(CC)CC. The summed E-state index contributed by atoms with van der Waals surface area (Å²) >= 11 is 0. The van der Waals surface area contributed by atoms with E-state index in [0.29, 0.717) is 0 Å². The van der Waals surface area contributed by atoms with Gasteiger partial charge in [-0.15, -0.1) is 0 Å². The Balaban J connectivity index is 2.91. The molecule has 0 saturated carbocycles. The van der Waals surface area contributed by atoms with Crippen LogP contribution in [0, 0.1) is 0 Å². The molecule has 0 heterocycles. The van der Waals surface area contributed by atoms with Crippen molar-refractivity contribution in [2.45, 2.75) is 65.5 Å². The molecule has 0 fully saturated rings. The van der Waals surface area contributed by atoms with Crippen LogP contribution in [-0.2, 0) is 13.3 Å². The molecule has 0 aliphatic heterocycles. The highest BCUT2D eigenvalue weighted by atomic mass is 28.4. The third kappa shape index (κ3) is 6.72. The molecule has 1 aromatic rings. The van der Waals surface area contributed by atoms with Crippen LogP contribution in [0.15, 0.2) is 30.3 Å². The molecule has 0 N–H and O–H groups in total. The molecule has 0 atom stereocenters. The summed E-state index contributed by atoms with van der Waals surface area (Å²) in [5, 5.41) is 1.56. The lowest BCUT2D eigenvalue weighted by Gasteiger charge is -2.48. The largest absolute Gasteiger partial charge is 0.500 e. The van der Waals surface area contributed by atoms with Crippen molar-refractivity contribution in [3.05, 3.63) is 30.3 Å². The van der Waals surface area contributed by atoms with Gasteiger partial charge in [0.2, 0.25) is 8.40 Å². The second kappa shape index (κ2) is 14.5. The van der Waals surface area contributed by atoms with Crippen molar-refractivity contribution in [2.75, 3.05) is 47.5 Å². The summed E-state index contributed by atoms with van der Waals surface area (Å²) in [5.74, 6) is 0. The highest BCUT2D eigenvalue weighted by Gasteiger charge is 2.44. The normalized spacial score (nSPS) is 12.8. The van der Waals surface area contributed by atoms with E-state index in [9.17, 15) is 0 Å². The van der Waals surface area contributed by atoms with Crippen LogP contribution in [-0.4, -0.2) is 73.8 Å². The van der Waals surface area contributed by atoms with Gasteiger partial charge in [-0.2, -0.15) is 0 Å². The summed E-state index contributed by atoms with van der Waals surface area (Å²) in [4.78, 5) is 0. The minimum atomic E-state index is -2.43. The minimum absolute atomic E-state index is 0.893. The molecule has 0 saturated heterocycles. The van der Waals surface area contributed by atoms with Crippen molar-refractivity contribution in [2.24, 2.45) is 0 Å². The molecule has 0 amide bonds. The molecule has 30 heavy (non-hydrogen) atoms. The van der Waals surface area contributed by atoms with Crippen molar-refractivity contribution in [3.63, 3.8) is 0 Å². The molecule has 0 aromatic heterocycles. The highest BCUT2D eigenvalue weighted by Crippen LogP contribution is 2.25. The predicted octanol–water partition coefficient (Wildman–Crippen LogP) is 4.46. The maximum Gasteiger partial charge on any atom is 0.500 e. The second-order valence-corrected chi connectivity index (χ2v) is 14.8. The maximum absolute atomic E-state index is 5.56. The van der Waals surface area contributed by atoms with Crippen LogP contribution < -0.4 is 5.19 Å². The van der Waals surface area contributed by atoms with Gasteiger partial charge < -0.3 is 22.4 Å². The van der Waals surface area contributed by atoms with E-state index in [1.54, 1.807) is 26.5 Å². The topological polar surface area (TPSA) is 34.2 Å². The third-order valence-corrected chi connectivity index (χ3v) is 15.0. The third-order valence-electron chi connectivity index (χ3n) is 6.50. The van der Waals surface area contributed by atoms with Gasteiger partial charge in [-0.05, 0) is 43.8 Å². The summed E-state index contributed by atoms with van der Waals surface area (Å²) in [7, 11) is 0.725. The lowest BCUT2D eigenvalue weighted by atomic mass is 10.2. The Labute approximate surface area is 188 Å². The molecular weight excluding hydrogens is 408 g/mol. The Morgan fingerprint density at radius 3 is 1.47 bits per heavy atom. The average Bonchev–Trinajstić information content (AvgIpc) is 2.80. The molecule has 0 aliphatic carbocycles. The number of hydrogen-bond donors (Lipinski definition) is 0. The van der Waals surface area contributed by atoms with Crippen LogP contribution in [0.3, 0.4) is 0 Å². The summed E-state index contributed by atoms with van der Waals surface area (Å²) in [6, 6.07) is 13.5. The summed E-state index contributed by atoms with van der Waals surface area (Å²) in [6.45, 7) is 13.7. The predicted molar refractivity (Wildman–Crippen MR) is 133 cm³/mol. The van der Waals surface area contributed by atoms with E-state index in [2.05, 4.69) is 67.2 Å². The first-order chi connectivity index (χ1) is 14.5. The minimum Gasteiger partial charge on any atom is -0.377 e. The monoisotopic (exact) mass is 454 g/mol. The Kier molecular flexibility index (Phi) is 13.3. The fraction of sp³-hybridized carbons (Fsp3) is 0.739. The smallest absolute Gasteiger partial charge is 0.377 e. The van der Waals surface area contributed by atoms with Crippen molar-refractivity contribution in [3.8, 4) is 0 Å². The van der Waals surface area contributed by atoms with E-state index < -0.39 is 17.2 Å². The van der Waals surface area contributed by atoms with Crippen LogP contribution in [0.1, 0.15) is 53.4 Å². The number of hydrogen-bond acceptors (Lipinski definition) is 5. The molecule has 0 radical (unpaired) electrons. The van der Waals surface area contributed by atoms with Gasteiger partial charge in [0.25, 0.3) is 0 Å². The lowest BCUT2D eigenvalue weighted by Crippen LogP contribution is -2.72. The van der Waals surface area contributed by atoms with Gasteiger partial charge >= 0.3 is 8.80 Å². The molecule has 7 heteroatoms. The van der Waals surface area contributed by atoms with E-state index in [4.69, 9.17) is 13.3 Å². The summed E-state index contributed by atoms with van der Waals surface area (Å²) < 4.78 is 22.3. The molecular formula is C23H46N2O3Si2. The number of benzene rings is 1. The number of unbranched alkanes of at least 4 members (excludes halogenated alkanes) is 3. The lowest BCUT2D eigenvalue weighted by molar-refractivity contribution is 0.122. The molecule has 1 aromatic carbocycles. The number of rotatable bonds is 17. The van der Waals surface area contributed by atoms with E-state index in [-0.39, 0.29) is 0 Å². The molecule has 0 aliphatic rings. The highest BCUT2D eigenvalue weighted by molar-refractivity contribution is 6.87. The molecule has 0 unspecified atom stereocenters. The molecule has 5 nitrogen and oxygen atoms in total. The van der Waals surface area contributed by atoms with Crippen LogP contribution in [0.4, 0.5) is 0 Å². The Bertz CT molecular complexity index is 530. The molecule has 1 rings (SSSR count).